The summed E-state index contributed by atoms with van der Waals surface area (Å²) in [6, 6.07) is 5.65. The quantitative estimate of drug-likeness (QED) is 0.449. The number of oxazole rings is 1. The number of hydrogen-bond donors (Lipinski definition) is 1. The molecular weight excluding hydrogens is 308 g/mol. The number of hydrogen-bond acceptors (Lipinski definition) is 8. The van der Waals surface area contributed by atoms with Crippen molar-refractivity contribution >= 4 is 28.4 Å². The largest absolute Gasteiger partial charge is 0.479 e. The molecule has 0 amide bonds. The third-order valence-electron chi connectivity index (χ3n) is 2.68. The standard InChI is InChI=1S/C13H8N4O4S/c18-12-10(7-15-13-14-5-6-22-13)16-11(21-12)8-1-3-9(4-2-8)17(19)20/h1-7,18H. The average Bonchev–Trinajstić information content (AvgIpc) is 3.15. The summed E-state index contributed by atoms with van der Waals surface area (Å²) in [4.78, 5) is 22.2. The predicted octanol–water partition coefficient (Wildman–Crippen LogP) is 3.16. The molecule has 0 aliphatic heterocycles. The Morgan fingerprint density at radius 2 is 2.14 bits per heavy atom. The molecule has 110 valence electrons. The van der Waals surface area contributed by atoms with Gasteiger partial charge in [0.2, 0.25) is 11.0 Å². The fraction of sp³-hybridized carbons (Fsp3) is 0. The number of aliphatic imine (C=N–C) groups is 1. The van der Waals surface area contributed by atoms with Gasteiger partial charge in [0, 0.05) is 29.3 Å². The summed E-state index contributed by atoms with van der Waals surface area (Å²) in [7, 11) is 0. The molecule has 0 atom stereocenters. The van der Waals surface area contributed by atoms with Gasteiger partial charge >= 0.3 is 5.95 Å². The van der Waals surface area contributed by atoms with E-state index in [4.69, 9.17) is 4.42 Å². The van der Waals surface area contributed by atoms with Crippen LogP contribution in [0.2, 0.25) is 0 Å². The summed E-state index contributed by atoms with van der Waals surface area (Å²) >= 11 is 1.34. The summed E-state index contributed by atoms with van der Waals surface area (Å²) in [5.41, 5.74) is 0.628. The number of nitro groups is 1. The average molecular weight is 316 g/mol. The van der Waals surface area contributed by atoms with Crippen LogP contribution in [0.1, 0.15) is 5.69 Å². The van der Waals surface area contributed by atoms with Crippen molar-refractivity contribution in [2.24, 2.45) is 4.99 Å². The smallest absolute Gasteiger partial charge is 0.312 e. The molecule has 1 N–H and O–H groups in total. The van der Waals surface area contributed by atoms with Crippen molar-refractivity contribution in [1.82, 2.24) is 9.97 Å². The number of nitro benzene ring substituents is 1. The molecule has 3 aromatic rings. The minimum absolute atomic E-state index is 0.0370. The molecular formula is C13H8N4O4S. The maximum absolute atomic E-state index is 10.6. The van der Waals surface area contributed by atoms with Gasteiger partial charge in [0.25, 0.3) is 5.69 Å². The second-order valence-electron chi connectivity index (χ2n) is 4.09. The highest BCUT2D eigenvalue weighted by Gasteiger charge is 2.14. The van der Waals surface area contributed by atoms with Gasteiger partial charge in [-0.15, -0.1) is 11.3 Å². The molecule has 2 heterocycles. The van der Waals surface area contributed by atoms with E-state index in [1.165, 1.54) is 41.8 Å². The summed E-state index contributed by atoms with van der Waals surface area (Å²) in [6.45, 7) is 0. The number of thiazole rings is 1. The highest BCUT2D eigenvalue weighted by molar-refractivity contribution is 7.13. The Morgan fingerprint density at radius 1 is 1.36 bits per heavy atom. The minimum Gasteiger partial charge on any atom is -0.479 e. The lowest BCUT2D eigenvalue weighted by Gasteiger charge is -1.94. The normalized spacial score (nSPS) is 11.1. The first-order valence-electron chi connectivity index (χ1n) is 6.01. The Balaban J connectivity index is 1.86. The highest BCUT2D eigenvalue weighted by Crippen LogP contribution is 2.27. The Bertz CT molecular complexity index is 824. The van der Waals surface area contributed by atoms with Crippen LogP contribution in [0.25, 0.3) is 11.5 Å². The Hall–Kier alpha value is -3.07. The van der Waals surface area contributed by atoms with E-state index in [1.807, 2.05) is 0 Å². The molecule has 1 aromatic carbocycles. The van der Waals surface area contributed by atoms with E-state index in [-0.39, 0.29) is 23.2 Å². The zero-order valence-corrected chi connectivity index (χ0v) is 11.7. The van der Waals surface area contributed by atoms with Crippen molar-refractivity contribution in [3.8, 4) is 17.4 Å². The van der Waals surface area contributed by atoms with Crippen LogP contribution in [0.3, 0.4) is 0 Å². The lowest BCUT2D eigenvalue weighted by Crippen LogP contribution is -1.87. The molecule has 0 aliphatic rings. The second-order valence-corrected chi connectivity index (χ2v) is 4.96. The van der Waals surface area contributed by atoms with E-state index >= 15 is 0 Å². The van der Waals surface area contributed by atoms with Gasteiger partial charge in [-0.1, -0.05) is 0 Å². The zero-order chi connectivity index (χ0) is 15.5. The Kier molecular flexibility index (Phi) is 3.62. The van der Waals surface area contributed by atoms with Gasteiger partial charge in [-0.25, -0.2) is 15.0 Å². The van der Waals surface area contributed by atoms with E-state index in [0.29, 0.717) is 10.7 Å². The molecule has 0 saturated carbocycles. The molecule has 0 fully saturated rings. The van der Waals surface area contributed by atoms with E-state index in [9.17, 15) is 15.2 Å². The van der Waals surface area contributed by atoms with Crippen molar-refractivity contribution in [1.29, 1.82) is 0 Å². The lowest BCUT2D eigenvalue weighted by molar-refractivity contribution is -0.384. The van der Waals surface area contributed by atoms with Gasteiger partial charge in [0.05, 0.1) is 11.1 Å². The van der Waals surface area contributed by atoms with Gasteiger partial charge in [0.15, 0.2) is 5.69 Å². The van der Waals surface area contributed by atoms with Crippen LogP contribution in [0, 0.1) is 10.1 Å². The fourth-order valence-corrected chi connectivity index (χ4v) is 2.13. The predicted molar refractivity (Wildman–Crippen MR) is 79.6 cm³/mol. The Labute approximate surface area is 127 Å². The van der Waals surface area contributed by atoms with Gasteiger partial charge in [-0.05, 0) is 12.1 Å². The van der Waals surface area contributed by atoms with Crippen LogP contribution in [0.15, 0.2) is 45.3 Å². The SMILES string of the molecule is O=[N+]([O-])c1ccc(-c2nc(C=Nc3nccs3)c(O)o2)cc1. The molecule has 22 heavy (non-hydrogen) atoms. The maximum Gasteiger partial charge on any atom is 0.312 e. The van der Waals surface area contributed by atoms with Crippen LogP contribution in [-0.2, 0) is 0 Å². The lowest BCUT2D eigenvalue weighted by atomic mass is 10.2. The van der Waals surface area contributed by atoms with E-state index in [2.05, 4.69) is 15.0 Å². The van der Waals surface area contributed by atoms with Crippen molar-refractivity contribution < 1.29 is 14.4 Å². The van der Waals surface area contributed by atoms with E-state index < -0.39 is 4.92 Å². The third-order valence-corrected chi connectivity index (χ3v) is 3.36. The van der Waals surface area contributed by atoms with E-state index in [1.54, 1.807) is 11.6 Å². The molecule has 9 heteroatoms. The highest BCUT2D eigenvalue weighted by atomic mass is 32.1. The molecule has 0 saturated heterocycles. The molecule has 0 bridgehead atoms. The van der Waals surface area contributed by atoms with Crippen molar-refractivity contribution in [2.45, 2.75) is 0 Å². The van der Waals surface area contributed by atoms with Gasteiger partial charge in [0.1, 0.15) is 0 Å². The van der Waals surface area contributed by atoms with Crippen molar-refractivity contribution in [3.05, 3.63) is 51.7 Å². The molecule has 0 radical (unpaired) electrons. The first-order chi connectivity index (χ1) is 10.6. The Morgan fingerprint density at radius 3 is 2.77 bits per heavy atom. The molecule has 0 aliphatic carbocycles. The number of benzene rings is 1. The van der Waals surface area contributed by atoms with E-state index in [0.717, 1.165) is 0 Å². The first kappa shape index (κ1) is 13.9. The zero-order valence-electron chi connectivity index (χ0n) is 10.9. The maximum atomic E-state index is 10.6. The number of aromatic hydroxyl groups is 1. The minimum atomic E-state index is -0.497. The van der Waals surface area contributed by atoms with Gasteiger partial charge in [-0.3, -0.25) is 10.1 Å². The molecule has 3 rings (SSSR count). The topological polar surface area (TPSA) is 115 Å². The van der Waals surface area contributed by atoms with Gasteiger partial charge < -0.3 is 9.52 Å². The molecule has 8 nitrogen and oxygen atoms in total. The number of aromatic nitrogens is 2. The molecule has 2 aromatic heterocycles. The van der Waals surface area contributed by atoms with Crippen LogP contribution < -0.4 is 0 Å². The molecule has 0 unspecified atom stereocenters. The summed E-state index contributed by atoms with van der Waals surface area (Å²) in [6.07, 6.45) is 2.95. The summed E-state index contributed by atoms with van der Waals surface area (Å²) in [5, 5.41) is 22.6. The van der Waals surface area contributed by atoms with Crippen LogP contribution in [0.4, 0.5) is 10.8 Å². The van der Waals surface area contributed by atoms with Gasteiger partial charge in [-0.2, -0.15) is 0 Å². The fourth-order valence-electron chi connectivity index (χ4n) is 1.65. The van der Waals surface area contributed by atoms with Crippen LogP contribution in [-0.4, -0.2) is 26.2 Å². The van der Waals surface area contributed by atoms with Crippen LogP contribution >= 0.6 is 11.3 Å². The van der Waals surface area contributed by atoms with Crippen molar-refractivity contribution in [3.63, 3.8) is 0 Å². The second kappa shape index (κ2) is 5.74. The summed E-state index contributed by atoms with van der Waals surface area (Å²) in [5.74, 6) is -0.235. The number of nitrogens with zero attached hydrogens (tertiary/aromatic N) is 4. The monoisotopic (exact) mass is 316 g/mol. The van der Waals surface area contributed by atoms with Crippen molar-refractivity contribution in [2.75, 3.05) is 0 Å². The number of rotatable bonds is 4. The number of non-ortho nitro benzene ring substituents is 1. The summed E-state index contributed by atoms with van der Waals surface area (Å²) < 4.78 is 5.14. The molecule has 0 spiro atoms. The van der Waals surface area contributed by atoms with Crippen LogP contribution in [0.5, 0.6) is 5.95 Å². The third kappa shape index (κ3) is 2.83. The first-order valence-corrected chi connectivity index (χ1v) is 6.89.